The van der Waals surface area contributed by atoms with Gasteiger partial charge in [-0.1, -0.05) is 6.92 Å². The molecule has 2 heteroatoms. The van der Waals surface area contributed by atoms with Crippen molar-refractivity contribution in [2.24, 2.45) is 5.73 Å². The topological polar surface area (TPSA) is 26.0 Å². The van der Waals surface area contributed by atoms with E-state index in [1.165, 1.54) is 5.56 Å². The van der Waals surface area contributed by atoms with Crippen LogP contribution in [0.5, 0.6) is 0 Å². The minimum absolute atomic E-state index is 0.384. The lowest BCUT2D eigenvalue weighted by atomic mass is 10.1. The van der Waals surface area contributed by atoms with E-state index in [-0.39, 0.29) is 0 Å². The second-order valence-corrected chi connectivity index (χ2v) is 3.62. The second kappa shape index (κ2) is 4.52. The molecule has 0 bridgehead atoms. The summed E-state index contributed by atoms with van der Waals surface area (Å²) in [5.74, 6) is 0. The molecule has 1 aromatic heterocycles. The molecule has 0 aliphatic carbocycles. The molecule has 1 rings (SSSR count). The van der Waals surface area contributed by atoms with Crippen molar-refractivity contribution in [2.45, 2.75) is 32.2 Å². The van der Waals surface area contributed by atoms with Gasteiger partial charge in [-0.25, -0.2) is 0 Å². The van der Waals surface area contributed by atoms with Crippen molar-refractivity contribution in [3.8, 4) is 0 Å². The van der Waals surface area contributed by atoms with Crippen LogP contribution in [0, 0.1) is 0 Å². The zero-order valence-corrected chi connectivity index (χ0v) is 7.73. The van der Waals surface area contributed by atoms with Crippen molar-refractivity contribution in [3.63, 3.8) is 0 Å². The van der Waals surface area contributed by atoms with Gasteiger partial charge in [0.15, 0.2) is 0 Å². The van der Waals surface area contributed by atoms with Gasteiger partial charge >= 0.3 is 0 Å². The van der Waals surface area contributed by atoms with E-state index < -0.39 is 0 Å². The number of nitrogens with two attached hydrogens (primary N) is 1. The average molecular weight is 169 g/mol. The van der Waals surface area contributed by atoms with Gasteiger partial charge in [0, 0.05) is 6.04 Å². The minimum atomic E-state index is 0.384. The van der Waals surface area contributed by atoms with Crippen LogP contribution in [0.4, 0.5) is 0 Å². The van der Waals surface area contributed by atoms with Gasteiger partial charge in [0.1, 0.15) is 0 Å². The van der Waals surface area contributed by atoms with Gasteiger partial charge in [-0.15, -0.1) is 0 Å². The molecule has 0 radical (unpaired) electrons. The lowest BCUT2D eigenvalue weighted by molar-refractivity contribution is 0.596. The smallest absolute Gasteiger partial charge is 0.00393 e. The molecular weight excluding hydrogens is 154 g/mol. The molecule has 0 aliphatic rings. The van der Waals surface area contributed by atoms with Gasteiger partial charge in [0.05, 0.1) is 0 Å². The van der Waals surface area contributed by atoms with Crippen molar-refractivity contribution >= 4 is 11.3 Å². The van der Waals surface area contributed by atoms with Gasteiger partial charge in [0.25, 0.3) is 0 Å². The first-order valence-electron chi connectivity index (χ1n) is 4.09. The summed E-state index contributed by atoms with van der Waals surface area (Å²) in [4.78, 5) is 0. The monoisotopic (exact) mass is 169 g/mol. The fraction of sp³-hybridized carbons (Fsp3) is 0.556. The summed E-state index contributed by atoms with van der Waals surface area (Å²) in [5.41, 5.74) is 7.22. The van der Waals surface area contributed by atoms with Crippen LogP contribution in [-0.2, 0) is 6.42 Å². The molecule has 1 heterocycles. The molecule has 0 aliphatic heterocycles. The maximum atomic E-state index is 5.79. The lowest BCUT2D eigenvalue weighted by Crippen LogP contribution is -2.18. The van der Waals surface area contributed by atoms with Crippen LogP contribution in [0.15, 0.2) is 16.8 Å². The van der Waals surface area contributed by atoms with Gasteiger partial charge in [-0.2, -0.15) is 11.3 Å². The standard InChI is InChI=1S/C9H15NS/c1-2-9(10)4-3-8-5-6-11-7-8/h5-7,9H,2-4,10H2,1H3. The Morgan fingerprint density at radius 1 is 1.64 bits per heavy atom. The van der Waals surface area contributed by atoms with Crippen molar-refractivity contribution in [1.82, 2.24) is 0 Å². The zero-order chi connectivity index (χ0) is 8.10. The Labute approximate surface area is 72.2 Å². The van der Waals surface area contributed by atoms with Crippen LogP contribution in [0.2, 0.25) is 0 Å². The van der Waals surface area contributed by atoms with Crippen LogP contribution in [-0.4, -0.2) is 6.04 Å². The zero-order valence-electron chi connectivity index (χ0n) is 6.92. The molecule has 0 saturated carbocycles. The molecule has 0 amide bonds. The summed E-state index contributed by atoms with van der Waals surface area (Å²) in [6.45, 7) is 2.14. The first-order chi connectivity index (χ1) is 5.33. The molecule has 62 valence electrons. The van der Waals surface area contributed by atoms with Gasteiger partial charge in [0.2, 0.25) is 0 Å². The molecule has 1 aromatic rings. The molecular formula is C9H15NS. The molecule has 0 saturated heterocycles. The summed E-state index contributed by atoms with van der Waals surface area (Å²) < 4.78 is 0. The Hall–Kier alpha value is -0.340. The normalized spacial score (nSPS) is 13.3. The van der Waals surface area contributed by atoms with E-state index in [1.807, 2.05) is 0 Å². The second-order valence-electron chi connectivity index (χ2n) is 2.84. The Balaban J connectivity index is 2.23. The van der Waals surface area contributed by atoms with Crippen LogP contribution < -0.4 is 5.73 Å². The molecule has 0 spiro atoms. The number of hydrogen-bond acceptors (Lipinski definition) is 2. The highest BCUT2D eigenvalue weighted by atomic mass is 32.1. The van der Waals surface area contributed by atoms with E-state index in [2.05, 4.69) is 23.8 Å². The average Bonchev–Trinajstić information content (AvgIpc) is 2.52. The quantitative estimate of drug-likeness (QED) is 0.736. The highest BCUT2D eigenvalue weighted by Crippen LogP contribution is 2.09. The maximum Gasteiger partial charge on any atom is 0.00393 e. The van der Waals surface area contributed by atoms with Crippen LogP contribution in [0.1, 0.15) is 25.3 Å². The van der Waals surface area contributed by atoms with E-state index in [0.717, 1.165) is 19.3 Å². The Bertz CT molecular complexity index is 181. The van der Waals surface area contributed by atoms with Crippen LogP contribution in [0.3, 0.4) is 0 Å². The first kappa shape index (κ1) is 8.75. The first-order valence-corrected chi connectivity index (χ1v) is 5.04. The molecule has 2 N–H and O–H groups in total. The summed E-state index contributed by atoms with van der Waals surface area (Å²) in [7, 11) is 0. The van der Waals surface area contributed by atoms with Crippen molar-refractivity contribution in [3.05, 3.63) is 22.4 Å². The van der Waals surface area contributed by atoms with Gasteiger partial charge in [-0.3, -0.25) is 0 Å². The number of hydrogen-bond donors (Lipinski definition) is 1. The third kappa shape index (κ3) is 3.04. The SMILES string of the molecule is CCC(N)CCc1ccsc1. The van der Waals surface area contributed by atoms with E-state index >= 15 is 0 Å². The lowest BCUT2D eigenvalue weighted by Gasteiger charge is -2.05. The van der Waals surface area contributed by atoms with Crippen LogP contribution in [0.25, 0.3) is 0 Å². The summed E-state index contributed by atoms with van der Waals surface area (Å²) in [6.07, 6.45) is 3.34. The summed E-state index contributed by atoms with van der Waals surface area (Å²) in [6, 6.07) is 2.56. The van der Waals surface area contributed by atoms with Crippen LogP contribution >= 0.6 is 11.3 Å². The van der Waals surface area contributed by atoms with Gasteiger partial charge in [-0.05, 0) is 41.7 Å². The number of aryl methyl sites for hydroxylation is 1. The molecule has 0 fully saturated rings. The van der Waals surface area contributed by atoms with E-state index in [1.54, 1.807) is 11.3 Å². The molecule has 1 atom stereocenters. The summed E-state index contributed by atoms with van der Waals surface area (Å²) >= 11 is 1.76. The largest absolute Gasteiger partial charge is 0.328 e. The van der Waals surface area contributed by atoms with E-state index in [9.17, 15) is 0 Å². The third-order valence-electron chi connectivity index (χ3n) is 1.91. The summed E-state index contributed by atoms with van der Waals surface area (Å²) in [5, 5.41) is 4.31. The number of thiophene rings is 1. The van der Waals surface area contributed by atoms with Crippen molar-refractivity contribution in [1.29, 1.82) is 0 Å². The van der Waals surface area contributed by atoms with Crippen molar-refractivity contribution in [2.75, 3.05) is 0 Å². The van der Waals surface area contributed by atoms with E-state index in [0.29, 0.717) is 6.04 Å². The minimum Gasteiger partial charge on any atom is -0.328 e. The molecule has 1 nitrogen and oxygen atoms in total. The Morgan fingerprint density at radius 3 is 3.00 bits per heavy atom. The Morgan fingerprint density at radius 2 is 2.45 bits per heavy atom. The third-order valence-corrected chi connectivity index (χ3v) is 2.64. The van der Waals surface area contributed by atoms with E-state index in [4.69, 9.17) is 5.73 Å². The number of rotatable bonds is 4. The molecule has 11 heavy (non-hydrogen) atoms. The fourth-order valence-corrected chi connectivity index (χ4v) is 1.69. The maximum absolute atomic E-state index is 5.79. The highest BCUT2D eigenvalue weighted by molar-refractivity contribution is 7.07. The Kier molecular flexibility index (Phi) is 3.60. The van der Waals surface area contributed by atoms with Crippen molar-refractivity contribution < 1.29 is 0 Å². The predicted octanol–water partition coefficient (Wildman–Crippen LogP) is 2.42. The fourth-order valence-electron chi connectivity index (χ4n) is 0.991. The molecule has 0 aromatic carbocycles. The highest BCUT2D eigenvalue weighted by Gasteiger charge is 1.99. The van der Waals surface area contributed by atoms with Gasteiger partial charge < -0.3 is 5.73 Å². The predicted molar refractivity (Wildman–Crippen MR) is 50.9 cm³/mol. The molecule has 1 unspecified atom stereocenters.